The first-order valence-corrected chi connectivity index (χ1v) is 7.77. The minimum Gasteiger partial charge on any atom is -0.478 e. The Bertz CT molecular complexity index is 680. The van der Waals surface area contributed by atoms with E-state index in [4.69, 9.17) is 5.11 Å². The number of unbranched alkanes of at least 4 members (excludes halogenated alkanes) is 1. The van der Waals surface area contributed by atoms with E-state index in [1.54, 1.807) is 6.92 Å². The summed E-state index contributed by atoms with van der Waals surface area (Å²) in [6.07, 6.45) is 1.87. The van der Waals surface area contributed by atoms with E-state index >= 15 is 0 Å². The Balaban J connectivity index is 2.57. The summed E-state index contributed by atoms with van der Waals surface area (Å²) in [7, 11) is -3.82. The van der Waals surface area contributed by atoms with Crippen LogP contribution in [0.2, 0.25) is 0 Å². The lowest BCUT2D eigenvalue weighted by Gasteiger charge is -2.29. The standard InChI is InChI=1S/C13H16N2O4S/c1-3-4-7-15-9(2)14-20(18,19)12-8-10(13(16)17)5-6-11(12)15/h5-6,8H,3-4,7H2,1-2H3,(H,16,17). The summed E-state index contributed by atoms with van der Waals surface area (Å²) in [5, 5.41) is 8.97. The quantitative estimate of drug-likeness (QED) is 0.919. The van der Waals surface area contributed by atoms with Crippen LogP contribution in [0.5, 0.6) is 0 Å². The van der Waals surface area contributed by atoms with Gasteiger partial charge in [0, 0.05) is 6.54 Å². The van der Waals surface area contributed by atoms with Gasteiger partial charge in [0.2, 0.25) is 0 Å². The number of anilines is 1. The van der Waals surface area contributed by atoms with Gasteiger partial charge in [-0.15, -0.1) is 4.40 Å². The smallest absolute Gasteiger partial charge is 0.335 e. The molecule has 1 aromatic carbocycles. The number of carbonyl (C=O) groups is 1. The van der Waals surface area contributed by atoms with Crippen molar-refractivity contribution in [3.8, 4) is 0 Å². The number of hydrogen-bond acceptors (Lipinski definition) is 4. The van der Waals surface area contributed by atoms with Crippen LogP contribution in [0.25, 0.3) is 0 Å². The number of fused-ring (bicyclic) bond motifs is 1. The number of carboxylic acids is 1. The Morgan fingerprint density at radius 1 is 1.40 bits per heavy atom. The highest BCUT2D eigenvalue weighted by molar-refractivity contribution is 7.90. The molecule has 1 aromatic rings. The Morgan fingerprint density at radius 2 is 2.10 bits per heavy atom. The number of amidine groups is 1. The van der Waals surface area contributed by atoms with E-state index < -0.39 is 16.0 Å². The molecule has 1 heterocycles. The van der Waals surface area contributed by atoms with Gasteiger partial charge < -0.3 is 10.0 Å². The second-order valence-electron chi connectivity index (χ2n) is 4.61. The average Bonchev–Trinajstić information content (AvgIpc) is 2.37. The van der Waals surface area contributed by atoms with Gasteiger partial charge in [0.1, 0.15) is 10.7 Å². The van der Waals surface area contributed by atoms with Crippen molar-refractivity contribution in [1.29, 1.82) is 0 Å². The second kappa shape index (κ2) is 5.24. The summed E-state index contributed by atoms with van der Waals surface area (Å²) in [6.45, 7) is 4.34. The molecule has 0 atom stereocenters. The second-order valence-corrected chi connectivity index (χ2v) is 6.18. The molecule has 1 aliphatic heterocycles. The van der Waals surface area contributed by atoms with Crippen LogP contribution in [0.1, 0.15) is 37.0 Å². The van der Waals surface area contributed by atoms with Crippen molar-refractivity contribution in [3.05, 3.63) is 23.8 Å². The van der Waals surface area contributed by atoms with Crippen LogP contribution in [-0.4, -0.2) is 31.9 Å². The number of aromatic carboxylic acids is 1. The third kappa shape index (κ3) is 2.53. The molecule has 0 saturated heterocycles. The molecule has 0 amide bonds. The van der Waals surface area contributed by atoms with E-state index in [2.05, 4.69) is 4.40 Å². The number of sulfonamides is 1. The van der Waals surface area contributed by atoms with Crippen LogP contribution in [0.3, 0.4) is 0 Å². The zero-order valence-electron chi connectivity index (χ0n) is 11.3. The van der Waals surface area contributed by atoms with Crippen LogP contribution in [-0.2, 0) is 10.0 Å². The largest absolute Gasteiger partial charge is 0.478 e. The number of hydrogen-bond donors (Lipinski definition) is 1. The van der Waals surface area contributed by atoms with Crippen LogP contribution in [0, 0.1) is 0 Å². The highest BCUT2D eigenvalue weighted by Crippen LogP contribution is 2.32. The third-order valence-corrected chi connectivity index (χ3v) is 4.54. The van der Waals surface area contributed by atoms with E-state index in [-0.39, 0.29) is 10.5 Å². The van der Waals surface area contributed by atoms with Gasteiger partial charge in [-0.1, -0.05) is 13.3 Å². The van der Waals surface area contributed by atoms with Crippen molar-refractivity contribution in [2.75, 3.05) is 11.4 Å². The van der Waals surface area contributed by atoms with Gasteiger partial charge in [-0.05, 0) is 31.5 Å². The van der Waals surface area contributed by atoms with E-state index in [0.29, 0.717) is 18.1 Å². The van der Waals surface area contributed by atoms with Crippen molar-refractivity contribution in [3.63, 3.8) is 0 Å². The van der Waals surface area contributed by atoms with Crippen LogP contribution >= 0.6 is 0 Å². The van der Waals surface area contributed by atoms with Gasteiger partial charge in [-0.25, -0.2) is 4.79 Å². The molecular weight excluding hydrogens is 280 g/mol. The fourth-order valence-corrected chi connectivity index (χ4v) is 3.39. The predicted octanol–water partition coefficient (Wildman–Crippen LogP) is 2.11. The third-order valence-electron chi connectivity index (χ3n) is 3.15. The Hall–Kier alpha value is -1.89. The van der Waals surface area contributed by atoms with Gasteiger partial charge in [-0.3, -0.25) is 0 Å². The number of carboxylic acid groups (broad SMARTS) is 1. The lowest BCUT2D eigenvalue weighted by Crippen LogP contribution is -2.34. The van der Waals surface area contributed by atoms with Crippen molar-refractivity contribution in [2.45, 2.75) is 31.6 Å². The lowest BCUT2D eigenvalue weighted by molar-refractivity contribution is 0.0696. The zero-order valence-corrected chi connectivity index (χ0v) is 12.1. The maximum absolute atomic E-state index is 12.1. The predicted molar refractivity (Wildman–Crippen MR) is 76.0 cm³/mol. The summed E-state index contributed by atoms with van der Waals surface area (Å²) in [5.74, 6) is -0.747. The number of nitrogens with zero attached hydrogens (tertiary/aromatic N) is 2. The van der Waals surface area contributed by atoms with Crippen molar-refractivity contribution >= 4 is 27.5 Å². The molecule has 0 radical (unpaired) electrons. The van der Waals surface area contributed by atoms with Gasteiger partial charge in [0.05, 0.1) is 11.3 Å². The fourth-order valence-electron chi connectivity index (χ4n) is 2.12. The maximum Gasteiger partial charge on any atom is 0.335 e. The highest BCUT2D eigenvalue weighted by Gasteiger charge is 2.29. The molecule has 2 rings (SSSR count). The van der Waals surface area contributed by atoms with Gasteiger partial charge in [0.25, 0.3) is 10.0 Å². The zero-order chi connectivity index (χ0) is 14.9. The molecule has 1 N–H and O–H groups in total. The van der Waals surface area contributed by atoms with Crippen molar-refractivity contribution in [2.24, 2.45) is 4.40 Å². The molecule has 1 aliphatic rings. The molecule has 0 bridgehead atoms. The van der Waals surface area contributed by atoms with Crippen LogP contribution in [0.15, 0.2) is 27.5 Å². The van der Waals surface area contributed by atoms with E-state index in [1.165, 1.54) is 18.2 Å². The van der Waals surface area contributed by atoms with Gasteiger partial charge in [-0.2, -0.15) is 8.42 Å². The van der Waals surface area contributed by atoms with Crippen molar-refractivity contribution < 1.29 is 18.3 Å². The molecule has 0 aliphatic carbocycles. The molecule has 0 spiro atoms. The van der Waals surface area contributed by atoms with Gasteiger partial charge >= 0.3 is 5.97 Å². The van der Waals surface area contributed by atoms with E-state index in [0.717, 1.165) is 12.8 Å². The summed E-state index contributed by atoms with van der Waals surface area (Å²) < 4.78 is 27.9. The molecule has 6 nitrogen and oxygen atoms in total. The highest BCUT2D eigenvalue weighted by atomic mass is 32.2. The minimum absolute atomic E-state index is 0.0425. The monoisotopic (exact) mass is 296 g/mol. The number of rotatable bonds is 4. The first-order chi connectivity index (χ1) is 9.36. The van der Waals surface area contributed by atoms with Gasteiger partial charge in [0.15, 0.2) is 0 Å². The maximum atomic E-state index is 12.1. The molecular formula is C13H16N2O4S. The van der Waals surface area contributed by atoms with Crippen LogP contribution in [0.4, 0.5) is 5.69 Å². The molecule has 0 fully saturated rings. The Labute approximate surface area is 117 Å². The SMILES string of the molecule is CCCCN1C(C)=NS(=O)(=O)c2cc(C(=O)O)ccc21. The summed E-state index contributed by atoms with van der Waals surface area (Å²) in [6, 6.07) is 4.11. The molecule has 7 heteroatoms. The topological polar surface area (TPSA) is 87.0 Å². The first-order valence-electron chi connectivity index (χ1n) is 6.33. The summed E-state index contributed by atoms with van der Waals surface area (Å²) >= 11 is 0. The molecule has 0 unspecified atom stereocenters. The van der Waals surface area contributed by atoms with E-state index in [9.17, 15) is 13.2 Å². The number of benzene rings is 1. The summed E-state index contributed by atoms with van der Waals surface area (Å²) in [5.41, 5.74) is 0.438. The summed E-state index contributed by atoms with van der Waals surface area (Å²) in [4.78, 5) is 12.7. The van der Waals surface area contributed by atoms with Crippen LogP contribution < -0.4 is 4.90 Å². The molecule has 0 saturated carbocycles. The molecule has 0 aromatic heterocycles. The minimum atomic E-state index is -3.82. The Kier molecular flexibility index (Phi) is 3.80. The average molecular weight is 296 g/mol. The molecule has 20 heavy (non-hydrogen) atoms. The lowest BCUT2D eigenvalue weighted by atomic mass is 10.2. The fraction of sp³-hybridized carbons (Fsp3) is 0.385. The van der Waals surface area contributed by atoms with E-state index in [1.807, 2.05) is 11.8 Å². The molecule has 108 valence electrons. The Morgan fingerprint density at radius 3 is 2.70 bits per heavy atom. The van der Waals surface area contributed by atoms with Crippen molar-refractivity contribution in [1.82, 2.24) is 0 Å². The normalized spacial score (nSPS) is 16.5. The first kappa shape index (κ1) is 14.5.